The second kappa shape index (κ2) is 7.00. The summed E-state index contributed by atoms with van der Waals surface area (Å²) in [4.78, 5) is 21.8. The van der Waals surface area contributed by atoms with Crippen molar-refractivity contribution in [1.82, 2.24) is 19.4 Å². The van der Waals surface area contributed by atoms with Crippen LogP contribution in [0.5, 0.6) is 0 Å². The number of aryl methyl sites for hydroxylation is 1. The summed E-state index contributed by atoms with van der Waals surface area (Å²) in [5.41, 5.74) is 2.21. The Kier molecular flexibility index (Phi) is 4.73. The van der Waals surface area contributed by atoms with Crippen LogP contribution in [0.15, 0.2) is 29.4 Å². The molecule has 2 saturated heterocycles. The average molecular weight is 359 g/mol. The van der Waals surface area contributed by atoms with Crippen molar-refractivity contribution in [1.29, 1.82) is 0 Å². The number of rotatable bonds is 5. The summed E-state index contributed by atoms with van der Waals surface area (Å²) in [6.45, 7) is 6.09. The number of carbonyl (C=O) groups is 1. The maximum atomic E-state index is 12.6. The first-order chi connectivity index (χ1) is 12.2. The molecule has 0 spiro atoms. The van der Waals surface area contributed by atoms with E-state index in [1.54, 1.807) is 11.8 Å². The number of imidazole rings is 1. The number of likely N-dealkylation sites (N-methyl/N-ethyl adjacent to an activating group) is 1. The Bertz CT molecular complexity index is 774. The van der Waals surface area contributed by atoms with Crippen LogP contribution in [-0.4, -0.2) is 63.7 Å². The summed E-state index contributed by atoms with van der Waals surface area (Å²) in [7, 11) is 2.18. The van der Waals surface area contributed by atoms with E-state index < -0.39 is 0 Å². The fraction of sp³-hybridized carbons (Fsp3) is 0.579. The summed E-state index contributed by atoms with van der Waals surface area (Å²) < 4.78 is 2.24. The third-order valence-corrected chi connectivity index (χ3v) is 6.64. The number of amides is 1. The monoisotopic (exact) mass is 358 g/mol. The zero-order valence-corrected chi connectivity index (χ0v) is 15.8. The first-order valence-corrected chi connectivity index (χ1v) is 10.2. The molecular weight excluding hydrogens is 332 g/mol. The van der Waals surface area contributed by atoms with Crippen LogP contribution in [0.2, 0.25) is 0 Å². The van der Waals surface area contributed by atoms with Crippen molar-refractivity contribution < 1.29 is 4.79 Å². The van der Waals surface area contributed by atoms with Gasteiger partial charge in [-0.3, -0.25) is 4.79 Å². The molecule has 5 nitrogen and oxygen atoms in total. The maximum Gasteiger partial charge on any atom is 0.223 e. The average Bonchev–Trinajstić information content (AvgIpc) is 3.28. The minimum Gasteiger partial charge on any atom is -0.341 e. The molecule has 2 atom stereocenters. The van der Waals surface area contributed by atoms with Crippen LogP contribution in [0.3, 0.4) is 0 Å². The lowest BCUT2D eigenvalue weighted by Gasteiger charge is -2.20. The Morgan fingerprint density at radius 1 is 1.32 bits per heavy atom. The molecule has 0 N–H and O–H groups in total. The fourth-order valence-corrected chi connectivity index (χ4v) is 5.24. The predicted molar refractivity (Wildman–Crippen MR) is 102 cm³/mol. The molecule has 1 amide bonds. The molecule has 2 aliphatic rings. The van der Waals surface area contributed by atoms with Crippen LogP contribution in [-0.2, 0) is 11.3 Å². The van der Waals surface area contributed by atoms with E-state index in [9.17, 15) is 4.79 Å². The lowest BCUT2D eigenvalue weighted by atomic mass is 10.1. The highest BCUT2D eigenvalue weighted by Gasteiger charge is 2.40. The van der Waals surface area contributed by atoms with E-state index in [1.807, 2.05) is 6.07 Å². The quantitative estimate of drug-likeness (QED) is 0.771. The SMILES string of the molecule is CCn1c(SCCC(=O)N2C[C@H]3CCN(C)[C@H]3C2)nc2ccccc21. The number of likely N-dealkylation sites (tertiary alicyclic amines) is 2. The molecule has 134 valence electrons. The summed E-state index contributed by atoms with van der Waals surface area (Å²) >= 11 is 1.70. The number of aromatic nitrogens is 2. The van der Waals surface area contributed by atoms with E-state index in [0.29, 0.717) is 24.3 Å². The normalized spacial score (nSPS) is 23.5. The van der Waals surface area contributed by atoms with Crippen LogP contribution < -0.4 is 0 Å². The third-order valence-electron chi connectivity index (χ3n) is 5.66. The van der Waals surface area contributed by atoms with Gasteiger partial charge in [-0.1, -0.05) is 23.9 Å². The molecular formula is C19H26N4OS. The third kappa shape index (κ3) is 3.17. The molecule has 3 heterocycles. The zero-order chi connectivity index (χ0) is 17.4. The number of para-hydroxylation sites is 2. The van der Waals surface area contributed by atoms with Gasteiger partial charge in [-0.2, -0.15) is 0 Å². The molecule has 2 aromatic rings. The molecule has 0 saturated carbocycles. The molecule has 2 fully saturated rings. The maximum absolute atomic E-state index is 12.6. The zero-order valence-electron chi connectivity index (χ0n) is 15.0. The van der Waals surface area contributed by atoms with Gasteiger partial charge in [-0.25, -0.2) is 4.98 Å². The minimum atomic E-state index is 0.300. The number of benzene rings is 1. The molecule has 1 aromatic carbocycles. The van der Waals surface area contributed by atoms with Crippen molar-refractivity contribution >= 4 is 28.7 Å². The minimum absolute atomic E-state index is 0.300. The summed E-state index contributed by atoms with van der Waals surface area (Å²) in [5, 5.41) is 1.02. The van der Waals surface area contributed by atoms with Gasteiger partial charge in [-0.15, -0.1) is 0 Å². The Balaban J connectivity index is 1.34. The highest BCUT2D eigenvalue weighted by Crippen LogP contribution is 2.31. The van der Waals surface area contributed by atoms with Crippen LogP contribution >= 0.6 is 11.8 Å². The van der Waals surface area contributed by atoms with E-state index in [2.05, 4.69) is 46.5 Å². The number of fused-ring (bicyclic) bond motifs is 2. The second-order valence-electron chi connectivity index (χ2n) is 7.12. The van der Waals surface area contributed by atoms with Crippen molar-refractivity contribution in [2.45, 2.75) is 37.5 Å². The number of thioether (sulfide) groups is 1. The lowest BCUT2D eigenvalue weighted by molar-refractivity contribution is -0.130. The highest BCUT2D eigenvalue weighted by atomic mass is 32.2. The van der Waals surface area contributed by atoms with Gasteiger partial charge < -0.3 is 14.4 Å². The van der Waals surface area contributed by atoms with Crippen molar-refractivity contribution in [3.63, 3.8) is 0 Å². The predicted octanol–water partition coefficient (Wildman–Crippen LogP) is 2.70. The van der Waals surface area contributed by atoms with E-state index in [4.69, 9.17) is 4.98 Å². The Labute approximate surface area is 153 Å². The van der Waals surface area contributed by atoms with Gasteiger partial charge in [-0.05, 0) is 45.0 Å². The summed E-state index contributed by atoms with van der Waals surface area (Å²) in [6, 6.07) is 8.82. The Morgan fingerprint density at radius 2 is 2.16 bits per heavy atom. The van der Waals surface area contributed by atoms with Gasteiger partial charge in [0, 0.05) is 37.8 Å². The first kappa shape index (κ1) is 16.9. The lowest BCUT2D eigenvalue weighted by Crippen LogP contribution is -2.35. The number of hydrogen-bond donors (Lipinski definition) is 0. The number of hydrogen-bond acceptors (Lipinski definition) is 4. The summed E-state index contributed by atoms with van der Waals surface area (Å²) in [6.07, 6.45) is 1.83. The smallest absolute Gasteiger partial charge is 0.223 e. The molecule has 4 rings (SSSR count). The molecule has 1 aromatic heterocycles. The van der Waals surface area contributed by atoms with Crippen molar-refractivity contribution in [2.75, 3.05) is 32.4 Å². The van der Waals surface area contributed by atoms with Gasteiger partial charge in [0.15, 0.2) is 5.16 Å². The van der Waals surface area contributed by atoms with E-state index in [1.165, 1.54) is 18.5 Å². The molecule has 25 heavy (non-hydrogen) atoms. The van der Waals surface area contributed by atoms with E-state index in [0.717, 1.165) is 36.1 Å². The van der Waals surface area contributed by atoms with Gasteiger partial charge in [0.1, 0.15) is 0 Å². The number of nitrogens with zero attached hydrogens (tertiary/aromatic N) is 4. The van der Waals surface area contributed by atoms with Crippen molar-refractivity contribution in [3.8, 4) is 0 Å². The topological polar surface area (TPSA) is 41.4 Å². The van der Waals surface area contributed by atoms with Gasteiger partial charge in [0.2, 0.25) is 5.91 Å². The Morgan fingerprint density at radius 3 is 2.96 bits per heavy atom. The van der Waals surface area contributed by atoms with Gasteiger partial charge >= 0.3 is 0 Å². The highest BCUT2D eigenvalue weighted by molar-refractivity contribution is 7.99. The molecule has 0 radical (unpaired) electrons. The van der Waals surface area contributed by atoms with Gasteiger partial charge in [0.05, 0.1) is 11.0 Å². The summed E-state index contributed by atoms with van der Waals surface area (Å²) in [5.74, 6) is 1.78. The fourth-order valence-electron chi connectivity index (χ4n) is 4.23. The standard InChI is InChI=1S/C19H26N4OS/c1-3-23-16-7-5-4-6-15(16)20-19(23)25-11-9-18(24)22-12-14-8-10-21(2)17(14)13-22/h4-7,14,17H,3,8-13H2,1-2H3/t14-,17+/m1/s1. The molecule has 0 bridgehead atoms. The molecule has 0 aliphatic carbocycles. The first-order valence-electron chi connectivity index (χ1n) is 9.23. The molecule has 2 aliphatic heterocycles. The van der Waals surface area contributed by atoms with Crippen LogP contribution in [0.4, 0.5) is 0 Å². The van der Waals surface area contributed by atoms with Crippen molar-refractivity contribution in [3.05, 3.63) is 24.3 Å². The second-order valence-corrected chi connectivity index (χ2v) is 8.18. The molecule has 6 heteroatoms. The number of carbonyl (C=O) groups excluding carboxylic acids is 1. The largest absolute Gasteiger partial charge is 0.341 e. The van der Waals surface area contributed by atoms with Crippen LogP contribution in [0, 0.1) is 5.92 Å². The van der Waals surface area contributed by atoms with E-state index >= 15 is 0 Å². The van der Waals surface area contributed by atoms with Gasteiger partial charge in [0.25, 0.3) is 0 Å². The van der Waals surface area contributed by atoms with Crippen LogP contribution in [0.1, 0.15) is 19.8 Å². The molecule has 0 unspecified atom stereocenters. The van der Waals surface area contributed by atoms with Crippen LogP contribution in [0.25, 0.3) is 11.0 Å². The van der Waals surface area contributed by atoms with E-state index in [-0.39, 0.29) is 0 Å². The van der Waals surface area contributed by atoms with Crippen molar-refractivity contribution in [2.24, 2.45) is 5.92 Å². The Hall–Kier alpha value is -1.53.